The molecule has 23 heavy (non-hydrogen) atoms. The highest BCUT2D eigenvalue weighted by Crippen LogP contribution is 2.37. The van der Waals surface area contributed by atoms with Crippen LogP contribution in [0.15, 0.2) is 48.5 Å². The Morgan fingerprint density at radius 2 is 1.22 bits per heavy atom. The molecule has 1 aromatic heterocycles. The van der Waals surface area contributed by atoms with E-state index in [2.05, 4.69) is 76.2 Å². The molecule has 0 unspecified atom stereocenters. The fourth-order valence-corrected chi connectivity index (χ4v) is 4.51. The van der Waals surface area contributed by atoms with Gasteiger partial charge in [0.05, 0.1) is 0 Å². The van der Waals surface area contributed by atoms with E-state index in [1.807, 2.05) is 11.3 Å². The SMILES string of the molecule is Cc1ccc2c(c1)sc1cc(-c3cc(C)c(C)c(C)c3)ccc12. The van der Waals surface area contributed by atoms with Gasteiger partial charge in [0.15, 0.2) is 0 Å². The molecule has 0 atom stereocenters. The van der Waals surface area contributed by atoms with E-state index >= 15 is 0 Å². The van der Waals surface area contributed by atoms with Gasteiger partial charge >= 0.3 is 0 Å². The Morgan fingerprint density at radius 1 is 0.609 bits per heavy atom. The molecule has 0 aliphatic carbocycles. The number of fused-ring (bicyclic) bond motifs is 3. The van der Waals surface area contributed by atoms with E-state index in [0.717, 1.165) is 0 Å². The van der Waals surface area contributed by atoms with Crippen LogP contribution < -0.4 is 0 Å². The predicted octanol–water partition coefficient (Wildman–Crippen LogP) is 6.96. The van der Waals surface area contributed by atoms with Gasteiger partial charge in [-0.05, 0) is 73.2 Å². The summed E-state index contributed by atoms with van der Waals surface area (Å²) in [5, 5.41) is 2.74. The van der Waals surface area contributed by atoms with E-state index in [9.17, 15) is 0 Å². The maximum absolute atomic E-state index is 2.35. The summed E-state index contributed by atoms with van der Waals surface area (Å²) in [7, 11) is 0. The van der Waals surface area contributed by atoms with Crippen LogP contribution >= 0.6 is 11.3 Å². The molecule has 0 bridgehead atoms. The number of hydrogen-bond acceptors (Lipinski definition) is 1. The average Bonchev–Trinajstić information content (AvgIpc) is 2.88. The van der Waals surface area contributed by atoms with Crippen LogP contribution in [0.1, 0.15) is 22.3 Å². The van der Waals surface area contributed by atoms with Gasteiger partial charge < -0.3 is 0 Å². The zero-order valence-electron chi connectivity index (χ0n) is 14.0. The Kier molecular flexibility index (Phi) is 3.28. The van der Waals surface area contributed by atoms with E-state index in [-0.39, 0.29) is 0 Å². The van der Waals surface area contributed by atoms with Crippen LogP contribution in [0.3, 0.4) is 0 Å². The zero-order valence-corrected chi connectivity index (χ0v) is 14.8. The highest BCUT2D eigenvalue weighted by molar-refractivity contribution is 7.25. The summed E-state index contributed by atoms with van der Waals surface area (Å²) >= 11 is 1.90. The van der Waals surface area contributed by atoms with Gasteiger partial charge in [-0.25, -0.2) is 0 Å². The highest BCUT2D eigenvalue weighted by Gasteiger charge is 2.08. The van der Waals surface area contributed by atoms with Crippen molar-refractivity contribution in [3.8, 4) is 11.1 Å². The number of aryl methyl sites for hydroxylation is 3. The molecule has 0 N–H and O–H groups in total. The Hall–Kier alpha value is -2.12. The summed E-state index contributed by atoms with van der Waals surface area (Å²) < 4.78 is 2.76. The van der Waals surface area contributed by atoms with E-state index in [0.29, 0.717) is 0 Å². The molecular formula is C22H20S. The third-order valence-corrected chi connectivity index (χ3v) is 6.00. The monoisotopic (exact) mass is 316 g/mol. The Morgan fingerprint density at radius 3 is 1.91 bits per heavy atom. The van der Waals surface area contributed by atoms with Crippen LogP contribution in [-0.2, 0) is 0 Å². The lowest BCUT2D eigenvalue weighted by Gasteiger charge is -2.09. The first kappa shape index (κ1) is 14.5. The normalized spacial score (nSPS) is 11.5. The molecule has 0 spiro atoms. The molecule has 0 nitrogen and oxygen atoms in total. The fraction of sp³-hybridized carbons (Fsp3) is 0.182. The second-order valence-corrected chi connectivity index (χ2v) is 7.63. The molecule has 3 aromatic carbocycles. The van der Waals surface area contributed by atoms with Crippen molar-refractivity contribution in [3.63, 3.8) is 0 Å². The van der Waals surface area contributed by atoms with E-state index in [1.54, 1.807) is 0 Å². The van der Waals surface area contributed by atoms with Crippen molar-refractivity contribution in [2.75, 3.05) is 0 Å². The predicted molar refractivity (Wildman–Crippen MR) is 104 cm³/mol. The molecule has 0 aliphatic heterocycles. The van der Waals surface area contributed by atoms with Crippen molar-refractivity contribution >= 4 is 31.5 Å². The van der Waals surface area contributed by atoms with Gasteiger partial charge in [0.2, 0.25) is 0 Å². The summed E-state index contributed by atoms with van der Waals surface area (Å²) in [5.41, 5.74) is 8.09. The summed E-state index contributed by atoms with van der Waals surface area (Å²) in [4.78, 5) is 0. The lowest BCUT2D eigenvalue weighted by atomic mass is 9.96. The fourth-order valence-electron chi connectivity index (χ4n) is 3.27. The minimum atomic E-state index is 1.31. The molecule has 0 aliphatic rings. The number of thiophene rings is 1. The number of rotatable bonds is 1. The van der Waals surface area contributed by atoms with Crippen LogP contribution in [0.5, 0.6) is 0 Å². The van der Waals surface area contributed by atoms with Crippen molar-refractivity contribution in [1.82, 2.24) is 0 Å². The van der Waals surface area contributed by atoms with Gasteiger partial charge in [-0.1, -0.05) is 36.4 Å². The molecule has 1 heterocycles. The largest absolute Gasteiger partial charge is 0.135 e. The molecule has 0 fully saturated rings. The maximum atomic E-state index is 2.35. The van der Waals surface area contributed by atoms with Crippen molar-refractivity contribution < 1.29 is 0 Å². The Balaban J connectivity index is 1.94. The van der Waals surface area contributed by atoms with Crippen LogP contribution in [0.2, 0.25) is 0 Å². The standard InChI is InChI=1S/C22H20S/c1-13-5-7-19-20-8-6-17(12-22(20)23-21(19)9-13)18-10-14(2)16(4)15(3)11-18/h5-12H,1-4H3. The summed E-state index contributed by atoms with van der Waals surface area (Å²) in [6.45, 7) is 8.76. The molecule has 0 saturated carbocycles. The van der Waals surface area contributed by atoms with E-state index < -0.39 is 0 Å². The summed E-state index contributed by atoms with van der Waals surface area (Å²) in [5.74, 6) is 0. The van der Waals surface area contributed by atoms with Crippen LogP contribution in [0.25, 0.3) is 31.3 Å². The molecule has 1 heteroatoms. The van der Waals surface area contributed by atoms with Crippen LogP contribution in [-0.4, -0.2) is 0 Å². The van der Waals surface area contributed by atoms with Crippen molar-refractivity contribution in [2.45, 2.75) is 27.7 Å². The van der Waals surface area contributed by atoms with Gasteiger partial charge in [-0.2, -0.15) is 0 Å². The van der Waals surface area contributed by atoms with Gasteiger partial charge in [-0.15, -0.1) is 11.3 Å². The maximum Gasteiger partial charge on any atom is 0.0361 e. The first-order valence-electron chi connectivity index (χ1n) is 8.04. The van der Waals surface area contributed by atoms with Gasteiger partial charge in [0.25, 0.3) is 0 Å². The van der Waals surface area contributed by atoms with E-state index in [1.165, 1.54) is 53.6 Å². The summed E-state index contributed by atoms with van der Waals surface area (Å²) in [6, 6.07) is 18.3. The lowest BCUT2D eigenvalue weighted by molar-refractivity contribution is 1.27. The second kappa shape index (κ2) is 5.21. The summed E-state index contributed by atoms with van der Waals surface area (Å²) in [6.07, 6.45) is 0. The third kappa shape index (κ3) is 2.36. The topological polar surface area (TPSA) is 0 Å². The average molecular weight is 316 g/mol. The highest BCUT2D eigenvalue weighted by atomic mass is 32.1. The molecule has 0 radical (unpaired) electrons. The zero-order chi connectivity index (χ0) is 16.1. The molecule has 0 amide bonds. The van der Waals surface area contributed by atoms with Crippen molar-refractivity contribution in [1.29, 1.82) is 0 Å². The van der Waals surface area contributed by atoms with Gasteiger partial charge in [0, 0.05) is 20.2 Å². The second-order valence-electron chi connectivity index (χ2n) is 6.55. The minimum absolute atomic E-state index is 1.31. The number of benzene rings is 3. The lowest BCUT2D eigenvalue weighted by Crippen LogP contribution is -1.88. The first-order chi connectivity index (χ1) is 11.0. The van der Waals surface area contributed by atoms with Crippen molar-refractivity contribution in [3.05, 3.63) is 70.8 Å². The van der Waals surface area contributed by atoms with Crippen molar-refractivity contribution in [2.24, 2.45) is 0 Å². The minimum Gasteiger partial charge on any atom is -0.135 e. The van der Waals surface area contributed by atoms with Crippen LogP contribution in [0.4, 0.5) is 0 Å². The van der Waals surface area contributed by atoms with Gasteiger partial charge in [0.1, 0.15) is 0 Å². The Labute approximate surface area is 141 Å². The smallest absolute Gasteiger partial charge is 0.0361 e. The molecule has 4 aromatic rings. The quantitative estimate of drug-likeness (QED) is 0.356. The molecule has 4 rings (SSSR count). The van der Waals surface area contributed by atoms with Crippen LogP contribution in [0, 0.1) is 27.7 Å². The Bertz CT molecular complexity index is 1030. The van der Waals surface area contributed by atoms with E-state index in [4.69, 9.17) is 0 Å². The molecular weight excluding hydrogens is 296 g/mol. The first-order valence-corrected chi connectivity index (χ1v) is 8.86. The number of hydrogen-bond donors (Lipinski definition) is 0. The van der Waals surface area contributed by atoms with Gasteiger partial charge in [-0.3, -0.25) is 0 Å². The third-order valence-electron chi connectivity index (χ3n) is 4.89. The molecule has 114 valence electrons. The molecule has 0 saturated heterocycles.